The van der Waals surface area contributed by atoms with Gasteiger partial charge in [-0.15, -0.1) is 0 Å². The summed E-state index contributed by atoms with van der Waals surface area (Å²) < 4.78 is 10.8. The Morgan fingerprint density at radius 2 is 1.71 bits per heavy atom. The van der Waals surface area contributed by atoms with Crippen LogP contribution in [0.5, 0.6) is 11.5 Å². The standard InChI is InChI=1S/C22H26N2O4/c1-22(14-13-17-9-11-18(27-2)12-10-17)20(25)24(21(26)23-22)15-6-16-28-19-7-4-3-5-8-19/h3-5,7-12H,6,13-16H2,1-2H3,(H,23,26). The zero-order valence-electron chi connectivity index (χ0n) is 16.3. The molecule has 1 unspecified atom stereocenters. The largest absolute Gasteiger partial charge is 0.497 e. The molecule has 0 aliphatic carbocycles. The highest BCUT2D eigenvalue weighted by Crippen LogP contribution is 2.24. The molecule has 1 heterocycles. The van der Waals surface area contributed by atoms with Gasteiger partial charge in [0, 0.05) is 6.54 Å². The molecule has 2 aromatic carbocycles. The molecule has 1 aliphatic heterocycles. The highest BCUT2D eigenvalue weighted by Gasteiger charge is 2.46. The van der Waals surface area contributed by atoms with Gasteiger partial charge in [0.15, 0.2) is 0 Å². The summed E-state index contributed by atoms with van der Waals surface area (Å²) in [6, 6.07) is 16.9. The Morgan fingerprint density at radius 1 is 1.00 bits per heavy atom. The predicted octanol–water partition coefficient (Wildman–Crippen LogP) is 3.41. The summed E-state index contributed by atoms with van der Waals surface area (Å²) in [6.07, 6.45) is 1.82. The van der Waals surface area contributed by atoms with Crippen molar-refractivity contribution in [1.82, 2.24) is 10.2 Å². The Hall–Kier alpha value is -3.02. The number of ether oxygens (including phenoxy) is 2. The van der Waals surface area contributed by atoms with Gasteiger partial charge in [0.2, 0.25) is 0 Å². The third-order valence-corrected chi connectivity index (χ3v) is 4.96. The van der Waals surface area contributed by atoms with Gasteiger partial charge in [0.1, 0.15) is 17.0 Å². The van der Waals surface area contributed by atoms with Crippen LogP contribution in [0.2, 0.25) is 0 Å². The third kappa shape index (κ3) is 4.63. The Labute approximate surface area is 165 Å². The molecule has 1 fully saturated rings. The molecule has 1 aliphatic rings. The summed E-state index contributed by atoms with van der Waals surface area (Å²) in [4.78, 5) is 26.4. The number of carbonyl (C=O) groups is 2. The molecule has 3 rings (SSSR count). The molecule has 6 nitrogen and oxygen atoms in total. The number of carbonyl (C=O) groups excluding carboxylic acids is 2. The van der Waals surface area contributed by atoms with Crippen molar-refractivity contribution in [2.75, 3.05) is 20.3 Å². The van der Waals surface area contributed by atoms with Crippen LogP contribution in [-0.4, -0.2) is 42.6 Å². The lowest BCUT2D eigenvalue weighted by molar-refractivity contribution is -0.131. The molecule has 1 N–H and O–H groups in total. The molecule has 0 aromatic heterocycles. The van der Waals surface area contributed by atoms with E-state index in [0.29, 0.717) is 32.4 Å². The summed E-state index contributed by atoms with van der Waals surface area (Å²) in [5.74, 6) is 1.40. The minimum absolute atomic E-state index is 0.175. The predicted molar refractivity (Wildman–Crippen MR) is 107 cm³/mol. The number of urea groups is 1. The maximum atomic E-state index is 12.8. The zero-order valence-corrected chi connectivity index (χ0v) is 16.3. The average Bonchev–Trinajstić information content (AvgIpc) is 2.94. The van der Waals surface area contributed by atoms with Gasteiger partial charge in [-0.1, -0.05) is 30.3 Å². The fraction of sp³-hybridized carbons (Fsp3) is 0.364. The molecule has 0 bridgehead atoms. The second-order valence-electron chi connectivity index (χ2n) is 7.08. The van der Waals surface area contributed by atoms with Gasteiger partial charge in [0.25, 0.3) is 5.91 Å². The smallest absolute Gasteiger partial charge is 0.325 e. The van der Waals surface area contributed by atoms with Crippen molar-refractivity contribution < 1.29 is 19.1 Å². The molecule has 3 amide bonds. The van der Waals surface area contributed by atoms with Gasteiger partial charge in [-0.3, -0.25) is 9.69 Å². The van der Waals surface area contributed by atoms with E-state index in [9.17, 15) is 9.59 Å². The molecule has 6 heteroatoms. The number of aryl methyl sites for hydroxylation is 1. The maximum absolute atomic E-state index is 12.8. The first-order chi connectivity index (χ1) is 13.5. The van der Waals surface area contributed by atoms with Crippen LogP contribution in [0.15, 0.2) is 54.6 Å². The van der Waals surface area contributed by atoms with Crippen LogP contribution in [0.3, 0.4) is 0 Å². The number of benzene rings is 2. The van der Waals surface area contributed by atoms with Crippen LogP contribution in [0, 0.1) is 0 Å². The lowest BCUT2D eigenvalue weighted by Gasteiger charge is -2.21. The van der Waals surface area contributed by atoms with Gasteiger partial charge < -0.3 is 14.8 Å². The molecule has 2 aromatic rings. The van der Waals surface area contributed by atoms with E-state index in [0.717, 1.165) is 17.1 Å². The number of amides is 3. The number of imide groups is 1. The van der Waals surface area contributed by atoms with Gasteiger partial charge in [-0.2, -0.15) is 0 Å². The summed E-state index contributed by atoms with van der Waals surface area (Å²) >= 11 is 0. The minimum Gasteiger partial charge on any atom is -0.497 e. The number of nitrogens with one attached hydrogen (secondary N) is 1. The van der Waals surface area contributed by atoms with Crippen LogP contribution in [0.25, 0.3) is 0 Å². The van der Waals surface area contributed by atoms with E-state index in [2.05, 4.69) is 5.32 Å². The van der Waals surface area contributed by atoms with Crippen LogP contribution >= 0.6 is 0 Å². The number of hydrogen-bond donors (Lipinski definition) is 1. The normalized spacial score (nSPS) is 18.9. The summed E-state index contributed by atoms with van der Waals surface area (Å²) in [5, 5.41) is 2.85. The topological polar surface area (TPSA) is 67.9 Å². The van der Waals surface area contributed by atoms with Crippen LogP contribution in [0.4, 0.5) is 4.79 Å². The highest BCUT2D eigenvalue weighted by molar-refractivity contribution is 6.06. The van der Waals surface area contributed by atoms with Crippen LogP contribution in [-0.2, 0) is 11.2 Å². The lowest BCUT2D eigenvalue weighted by atomic mass is 9.93. The van der Waals surface area contributed by atoms with Crippen molar-refractivity contribution in [3.05, 3.63) is 60.2 Å². The lowest BCUT2D eigenvalue weighted by Crippen LogP contribution is -2.44. The molecule has 0 spiro atoms. The fourth-order valence-electron chi connectivity index (χ4n) is 3.24. The summed E-state index contributed by atoms with van der Waals surface area (Å²) in [7, 11) is 1.63. The molecular weight excluding hydrogens is 356 g/mol. The van der Waals surface area contributed by atoms with Crippen LogP contribution < -0.4 is 14.8 Å². The van der Waals surface area contributed by atoms with Crippen molar-refractivity contribution >= 4 is 11.9 Å². The van der Waals surface area contributed by atoms with Gasteiger partial charge >= 0.3 is 6.03 Å². The minimum atomic E-state index is -0.878. The average molecular weight is 382 g/mol. The quantitative estimate of drug-likeness (QED) is 0.533. The van der Waals surface area contributed by atoms with E-state index in [1.807, 2.05) is 54.6 Å². The van der Waals surface area contributed by atoms with E-state index in [1.54, 1.807) is 14.0 Å². The number of methoxy groups -OCH3 is 1. The maximum Gasteiger partial charge on any atom is 0.325 e. The first-order valence-corrected chi connectivity index (χ1v) is 9.47. The Kier molecular flexibility index (Phi) is 6.19. The Bertz CT molecular complexity index is 807. The van der Waals surface area contributed by atoms with E-state index in [4.69, 9.17) is 9.47 Å². The molecule has 0 saturated carbocycles. The molecule has 28 heavy (non-hydrogen) atoms. The SMILES string of the molecule is COc1ccc(CCC2(C)NC(=O)N(CCCOc3ccccc3)C2=O)cc1. The van der Waals surface area contributed by atoms with E-state index in [-0.39, 0.29) is 11.9 Å². The number of para-hydroxylation sites is 1. The van der Waals surface area contributed by atoms with E-state index in [1.165, 1.54) is 4.90 Å². The van der Waals surface area contributed by atoms with E-state index < -0.39 is 5.54 Å². The molecule has 1 saturated heterocycles. The first kappa shape index (κ1) is 19.7. The Morgan fingerprint density at radius 3 is 2.39 bits per heavy atom. The molecule has 148 valence electrons. The monoisotopic (exact) mass is 382 g/mol. The number of nitrogens with zero attached hydrogens (tertiary/aromatic N) is 1. The number of hydrogen-bond acceptors (Lipinski definition) is 4. The van der Waals surface area contributed by atoms with Crippen molar-refractivity contribution in [1.29, 1.82) is 0 Å². The molecule has 1 atom stereocenters. The first-order valence-electron chi connectivity index (χ1n) is 9.47. The second-order valence-corrected chi connectivity index (χ2v) is 7.08. The highest BCUT2D eigenvalue weighted by atomic mass is 16.5. The van der Waals surface area contributed by atoms with Gasteiger partial charge in [-0.05, 0) is 56.0 Å². The number of rotatable bonds is 9. The molecule has 0 radical (unpaired) electrons. The third-order valence-electron chi connectivity index (χ3n) is 4.96. The zero-order chi connectivity index (χ0) is 20.0. The molecular formula is C22H26N2O4. The summed E-state index contributed by atoms with van der Waals surface area (Å²) in [6.45, 7) is 2.58. The van der Waals surface area contributed by atoms with Crippen molar-refractivity contribution in [3.63, 3.8) is 0 Å². The van der Waals surface area contributed by atoms with Gasteiger partial charge in [0.05, 0.1) is 13.7 Å². The van der Waals surface area contributed by atoms with Crippen molar-refractivity contribution in [2.45, 2.75) is 31.7 Å². The van der Waals surface area contributed by atoms with Crippen molar-refractivity contribution in [3.8, 4) is 11.5 Å². The van der Waals surface area contributed by atoms with Crippen LogP contribution in [0.1, 0.15) is 25.3 Å². The van der Waals surface area contributed by atoms with Crippen molar-refractivity contribution in [2.24, 2.45) is 0 Å². The second kappa shape index (κ2) is 8.78. The Balaban J connectivity index is 1.49. The fourth-order valence-corrected chi connectivity index (χ4v) is 3.24. The van der Waals surface area contributed by atoms with Gasteiger partial charge in [-0.25, -0.2) is 4.79 Å². The summed E-state index contributed by atoms with van der Waals surface area (Å²) in [5.41, 5.74) is 0.218. The van der Waals surface area contributed by atoms with E-state index >= 15 is 0 Å².